The van der Waals surface area contributed by atoms with E-state index in [1.54, 1.807) is 0 Å². The lowest BCUT2D eigenvalue weighted by Gasteiger charge is -2.23. The van der Waals surface area contributed by atoms with Crippen LogP contribution in [0.15, 0.2) is 42.5 Å². The lowest BCUT2D eigenvalue weighted by molar-refractivity contribution is 0.152. The number of aliphatic hydroxyl groups excluding tert-OH is 1. The third-order valence-corrected chi connectivity index (χ3v) is 4.76. The minimum absolute atomic E-state index is 0.317. The zero-order chi connectivity index (χ0) is 13.8. The van der Waals surface area contributed by atoms with Crippen LogP contribution in [0.4, 0.5) is 0 Å². The molecule has 106 valence electrons. The molecule has 1 unspecified atom stereocenters. The standard InChI is InChI=1S/C19H24O/c20-19(14-13-15-7-2-1-3-8-15)18-12-6-10-16-9-4-5-11-17(16)18/h4-6,9-12,15,19-20H,1-3,7-8,13-14H2. The fraction of sp³-hybridized carbons (Fsp3) is 0.474. The number of benzene rings is 2. The molecule has 0 aromatic heterocycles. The van der Waals surface area contributed by atoms with Gasteiger partial charge >= 0.3 is 0 Å². The third kappa shape index (κ3) is 3.04. The smallest absolute Gasteiger partial charge is 0.0796 e. The second-order valence-corrected chi connectivity index (χ2v) is 6.17. The van der Waals surface area contributed by atoms with Crippen LogP contribution in [0.5, 0.6) is 0 Å². The van der Waals surface area contributed by atoms with Crippen LogP contribution in [0, 0.1) is 5.92 Å². The van der Waals surface area contributed by atoms with Crippen LogP contribution in [0.3, 0.4) is 0 Å². The normalized spacial score (nSPS) is 18.2. The lowest BCUT2D eigenvalue weighted by Crippen LogP contribution is -2.08. The first-order valence-electron chi connectivity index (χ1n) is 8.00. The monoisotopic (exact) mass is 268 g/mol. The van der Waals surface area contributed by atoms with E-state index in [2.05, 4.69) is 42.5 Å². The van der Waals surface area contributed by atoms with E-state index < -0.39 is 0 Å². The van der Waals surface area contributed by atoms with Crippen molar-refractivity contribution in [2.45, 2.75) is 51.0 Å². The quantitative estimate of drug-likeness (QED) is 0.804. The zero-order valence-corrected chi connectivity index (χ0v) is 12.1. The minimum Gasteiger partial charge on any atom is -0.388 e. The molecule has 1 aliphatic rings. The van der Waals surface area contributed by atoms with Crippen molar-refractivity contribution < 1.29 is 5.11 Å². The average Bonchev–Trinajstić information content (AvgIpc) is 2.53. The van der Waals surface area contributed by atoms with Crippen molar-refractivity contribution in [3.8, 4) is 0 Å². The van der Waals surface area contributed by atoms with Crippen molar-refractivity contribution in [3.63, 3.8) is 0 Å². The van der Waals surface area contributed by atoms with E-state index >= 15 is 0 Å². The fourth-order valence-electron chi connectivity index (χ4n) is 3.57. The molecule has 0 bridgehead atoms. The molecular formula is C19H24O. The Morgan fingerprint density at radius 1 is 0.950 bits per heavy atom. The molecule has 1 fully saturated rings. The molecule has 2 aromatic rings. The van der Waals surface area contributed by atoms with Gasteiger partial charge in [0.1, 0.15) is 0 Å². The van der Waals surface area contributed by atoms with Crippen LogP contribution >= 0.6 is 0 Å². The van der Waals surface area contributed by atoms with Crippen LogP contribution in [-0.4, -0.2) is 5.11 Å². The van der Waals surface area contributed by atoms with E-state index in [-0.39, 0.29) is 6.10 Å². The first kappa shape index (κ1) is 13.6. The second kappa shape index (κ2) is 6.41. The highest BCUT2D eigenvalue weighted by Gasteiger charge is 2.17. The van der Waals surface area contributed by atoms with Gasteiger partial charge in [-0.2, -0.15) is 0 Å². The summed E-state index contributed by atoms with van der Waals surface area (Å²) in [6, 6.07) is 14.6. The Morgan fingerprint density at radius 3 is 2.55 bits per heavy atom. The van der Waals surface area contributed by atoms with Crippen molar-refractivity contribution in [3.05, 3.63) is 48.0 Å². The summed E-state index contributed by atoms with van der Waals surface area (Å²) in [6.45, 7) is 0. The van der Waals surface area contributed by atoms with Crippen molar-refractivity contribution >= 4 is 10.8 Å². The molecule has 1 aliphatic carbocycles. The van der Waals surface area contributed by atoms with Crippen LogP contribution in [0.25, 0.3) is 10.8 Å². The Bertz CT molecular complexity index is 549. The number of rotatable bonds is 4. The molecule has 2 aromatic carbocycles. The van der Waals surface area contributed by atoms with Gasteiger partial charge in [0.25, 0.3) is 0 Å². The molecular weight excluding hydrogens is 244 g/mol. The predicted octanol–water partition coefficient (Wildman–Crippen LogP) is 5.23. The summed E-state index contributed by atoms with van der Waals surface area (Å²) in [5, 5.41) is 13.0. The van der Waals surface area contributed by atoms with E-state index in [9.17, 15) is 5.11 Å². The number of hydrogen-bond acceptors (Lipinski definition) is 1. The molecule has 1 atom stereocenters. The van der Waals surface area contributed by atoms with Gasteiger partial charge in [-0.3, -0.25) is 0 Å². The number of hydrogen-bond donors (Lipinski definition) is 1. The van der Waals surface area contributed by atoms with Gasteiger partial charge in [-0.05, 0) is 35.1 Å². The van der Waals surface area contributed by atoms with Gasteiger partial charge < -0.3 is 5.11 Å². The van der Waals surface area contributed by atoms with Crippen molar-refractivity contribution in [2.75, 3.05) is 0 Å². The Labute approximate surface area is 121 Å². The summed E-state index contributed by atoms with van der Waals surface area (Å²) in [5.41, 5.74) is 1.10. The van der Waals surface area contributed by atoms with Gasteiger partial charge in [0.15, 0.2) is 0 Å². The van der Waals surface area contributed by atoms with E-state index in [0.717, 1.165) is 17.9 Å². The topological polar surface area (TPSA) is 20.2 Å². The van der Waals surface area contributed by atoms with Crippen molar-refractivity contribution in [2.24, 2.45) is 5.92 Å². The lowest BCUT2D eigenvalue weighted by atomic mass is 9.84. The van der Waals surface area contributed by atoms with Crippen LogP contribution < -0.4 is 0 Å². The Morgan fingerprint density at radius 2 is 1.70 bits per heavy atom. The maximum atomic E-state index is 10.5. The van der Waals surface area contributed by atoms with Gasteiger partial charge in [-0.1, -0.05) is 74.6 Å². The summed E-state index contributed by atoms with van der Waals surface area (Å²) in [7, 11) is 0. The molecule has 1 heteroatoms. The third-order valence-electron chi connectivity index (χ3n) is 4.76. The molecule has 3 rings (SSSR count). The molecule has 1 N–H and O–H groups in total. The van der Waals surface area contributed by atoms with Gasteiger partial charge in [-0.15, -0.1) is 0 Å². The van der Waals surface area contributed by atoms with E-state index in [1.165, 1.54) is 49.3 Å². The molecule has 0 spiro atoms. The van der Waals surface area contributed by atoms with Crippen LogP contribution in [0.1, 0.15) is 56.6 Å². The minimum atomic E-state index is -0.317. The van der Waals surface area contributed by atoms with Gasteiger partial charge in [0.2, 0.25) is 0 Å². The second-order valence-electron chi connectivity index (χ2n) is 6.17. The Balaban J connectivity index is 1.70. The summed E-state index contributed by atoms with van der Waals surface area (Å²) in [6.07, 6.45) is 8.66. The molecule has 1 saturated carbocycles. The summed E-state index contributed by atoms with van der Waals surface area (Å²) < 4.78 is 0. The highest BCUT2D eigenvalue weighted by Crippen LogP contribution is 2.32. The van der Waals surface area contributed by atoms with E-state index in [0.29, 0.717) is 0 Å². The van der Waals surface area contributed by atoms with Gasteiger partial charge in [-0.25, -0.2) is 0 Å². The fourth-order valence-corrected chi connectivity index (χ4v) is 3.57. The molecule has 0 radical (unpaired) electrons. The first-order chi connectivity index (χ1) is 9.84. The molecule has 0 saturated heterocycles. The van der Waals surface area contributed by atoms with Gasteiger partial charge in [0, 0.05) is 0 Å². The Hall–Kier alpha value is -1.34. The zero-order valence-electron chi connectivity index (χ0n) is 12.1. The number of aliphatic hydroxyl groups is 1. The molecule has 0 aliphatic heterocycles. The van der Waals surface area contributed by atoms with E-state index in [1.807, 2.05) is 0 Å². The molecule has 20 heavy (non-hydrogen) atoms. The molecule has 0 heterocycles. The largest absolute Gasteiger partial charge is 0.388 e. The Kier molecular flexibility index (Phi) is 4.37. The highest BCUT2D eigenvalue weighted by atomic mass is 16.3. The average molecular weight is 268 g/mol. The van der Waals surface area contributed by atoms with Crippen LogP contribution in [-0.2, 0) is 0 Å². The highest BCUT2D eigenvalue weighted by molar-refractivity contribution is 5.85. The number of fused-ring (bicyclic) bond motifs is 1. The van der Waals surface area contributed by atoms with Gasteiger partial charge in [0.05, 0.1) is 6.10 Å². The van der Waals surface area contributed by atoms with Crippen molar-refractivity contribution in [1.29, 1.82) is 0 Å². The first-order valence-corrected chi connectivity index (χ1v) is 8.00. The SMILES string of the molecule is OC(CCC1CCCCC1)c1cccc2ccccc12. The van der Waals surface area contributed by atoms with E-state index in [4.69, 9.17) is 0 Å². The summed E-state index contributed by atoms with van der Waals surface area (Å²) >= 11 is 0. The van der Waals surface area contributed by atoms with Crippen LogP contribution in [0.2, 0.25) is 0 Å². The van der Waals surface area contributed by atoms with Crippen molar-refractivity contribution in [1.82, 2.24) is 0 Å². The predicted molar refractivity (Wildman–Crippen MR) is 84.7 cm³/mol. The maximum Gasteiger partial charge on any atom is 0.0796 e. The molecule has 1 nitrogen and oxygen atoms in total. The maximum absolute atomic E-state index is 10.5. The summed E-state index contributed by atoms with van der Waals surface area (Å²) in [5.74, 6) is 0.841. The summed E-state index contributed by atoms with van der Waals surface area (Å²) in [4.78, 5) is 0. The molecule has 0 amide bonds.